The highest BCUT2D eigenvalue weighted by Gasteiger charge is 2.31. The molecule has 2 aliphatic rings. The fourth-order valence-corrected chi connectivity index (χ4v) is 6.03. The van der Waals surface area contributed by atoms with Crippen molar-refractivity contribution in [3.63, 3.8) is 0 Å². The molecule has 0 aromatic rings. The quantitative estimate of drug-likeness (QED) is 0.672. The lowest BCUT2D eigenvalue weighted by Gasteiger charge is -2.37. The summed E-state index contributed by atoms with van der Waals surface area (Å²) in [6.07, 6.45) is 15.0. The molecule has 2 heteroatoms. The lowest BCUT2D eigenvalue weighted by Crippen LogP contribution is -2.28. The third-order valence-corrected chi connectivity index (χ3v) is 7.39. The SMILES string of the molecule is CCO[SiH2]C(C1CCCCC1)C1CCCCC1. The average Bonchev–Trinajstić information content (AvgIpc) is 2.42. The van der Waals surface area contributed by atoms with Crippen LogP contribution in [0.4, 0.5) is 0 Å². The first kappa shape index (κ1) is 13.6. The summed E-state index contributed by atoms with van der Waals surface area (Å²) in [4.78, 5) is 0. The van der Waals surface area contributed by atoms with Crippen LogP contribution in [0.25, 0.3) is 0 Å². The number of hydrogen-bond acceptors (Lipinski definition) is 1. The normalized spacial score (nSPS) is 25.1. The average molecular weight is 254 g/mol. The zero-order valence-corrected chi connectivity index (χ0v) is 13.0. The molecule has 0 amide bonds. The predicted molar refractivity (Wildman–Crippen MR) is 77.1 cm³/mol. The van der Waals surface area contributed by atoms with Gasteiger partial charge in [0.25, 0.3) is 0 Å². The summed E-state index contributed by atoms with van der Waals surface area (Å²) in [7, 11) is -0.264. The van der Waals surface area contributed by atoms with Crippen molar-refractivity contribution in [1.82, 2.24) is 0 Å². The van der Waals surface area contributed by atoms with Gasteiger partial charge in [0, 0.05) is 6.61 Å². The van der Waals surface area contributed by atoms with Gasteiger partial charge in [-0.1, -0.05) is 64.2 Å². The van der Waals surface area contributed by atoms with Crippen molar-refractivity contribution < 1.29 is 4.43 Å². The van der Waals surface area contributed by atoms with Crippen LogP contribution in [-0.2, 0) is 4.43 Å². The molecule has 2 aliphatic carbocycles. The van der Waals surface area contributed by atoms with Crippen molar-refractivity contribution >= 4 is 9.76 Å². The minimum Gasteiger partial charge on any atom is -0.424 e. The lowest BCUT2D eigenvalue weighted by molar-refractivity contribution is 0.222. The van der Waals surface area contributed by atoms with Gasteiger partial charge in [0.15, 0.2) is 9.76 Å². The molecule has 100 valence electrons. The zero-order valence-electron chi connectivity index (χ0n) is 11.6. The molecule has 0 aliphatic heterocycles. The van der Waals surface area contributed by atoms with Gasteiger partial charge in [-0.25, -0.2) is 0 Å². The van der Waals surface area contributed by atoms with E-state index in [2.05, 4.69) is 6.92 Å². The molecule has 0 radical (unpaired) electrons. The van der Waals surface area contributed by atoms with Crippen LogP contribution in [0.15, 0.2) is 0 Å². The van der Waals surface area contributed by atoms with E-state index in [1.807, 2.05) is 0 Å². The second kappa shape index (κ2) is 7.58. The van der Waals surface area contributed by atoms with Crippen LogP contribution in [0.1, 0.15) is 71.1 Å². The van der Waals surface area contributed by atoms with Crippen molar-refractivity contribution in [2.24, 2.45) is 11.8 Å². The van der Waals surface area contributed by atoms with Crippen LogP contribution in [-0.4, -0.2) is 16.4 Å². The summed E-state index contributed by atoms with van der Waals surface area (Å²) >= 11 is 0. The Morgan fingerprint density at radius 3 is 1.76 bits per heavy atom. The van der Waals surface area contributed by atoms with Gasteiger partial charge in [-0.05, 0) is 24.3 Å². The Balaban J connectivity index is 1.90. The van der Waals surface area contributed by atoms with E-state index in [0.717, 1.165) is 24.0 Å². The van der Waals surface area contributed by atoms with E-state index in [4.69, 9.17) is 4.43 Å². The molecule has 0 spiro atoms. The molecular weight excluding hydrogens is 224 g/mol. The molecular formula is C15H30OSi. The predicted octanol–water partition coefficient (Wildman–Crippen LogP) is 4.06. The van der Waals surface area contributed by atoms with Gasteiger partial charge in [-0.3, -0.25) is 0 Å². The highest BCUT2D eigenvalue weighted by Crippen LogP contribution is 2.43. The molecule has 17 heavy (non-hydrogen) atoms. The molecule has 0 atom stereocenters. The smallest absolute Gasteiger partial charge is 0.165 e. The summed E-state index contributed by atoms with van der Waals surface area (Å²) in [5, 5.41) is 0. The number of rotatable bonds is 5. The number of hydrogen-bond donors (Lipinski definition) is 0. The van der Waals surface area contributed by atoms with Crippen LogP contribution in [0.2, 0.25) is 5.54 Å². The Hall–Kier alpha value is 0.177. The van der Waals surface area contributed by atoms with E-state index in [1.165, 1.54) is 64.2 Å². The second-order valence-corrected chi connectivity index (χ2v) is 7.80. The largest absolute Gasteiger partial charge is 0.424 e. The molecule has 0 unspecified atom stereocenters. The van der Waals surface area contributed by atoms with E-state index in [0.29, 0.717) is 0 Å². The first-order valence-electron chi connectivity index (χ1n) is 7.99. The lowest BCUT2D eigenvalue weighted by atomic mass is 9.77. The van der Waals surface area contributed by atoms with Gasteiger partial charge in [0.1, 0.15) is 0 Å². The maximum Gasteiger partial charge on any atom is 0.165 e. The maximum atomic E-state index is 5.94. The summed E-state index contributed by atoms with van der Waals surface area (Å²) in [5.74, 6) is 2.09. The van der Waals surface area contributed by atoms with E-state index in [1.54, 1.807) is 0 Å². The molecule has 2 fully saturated rings. The van der Waals surface area contributed by atoms with Gasteiger partial charge in [-0.2, -0.15) is 0 Å². The Kier molecular flexibility index (Phi) is 6.06. The monoisotopic (exact) mass is 254 g/mol. The van der Waals surface area contributed by atoms with E-state index < -0.39 is 0 Å². The van der Waals surface area contributed by atoms with Crippen LogP contribution in [0.5, 0.6) is 0 Å². The van der Waals surface area contributed by atoms with E-state index >= 15 is 0 Å². The Morgan fingerprint density at radius 2 is 1.35 bits per heavy atom. The minimum atomic E-state index is -0.264. The standard InChI is InChI=1S/C15H30OSi/c1-2-16-17-15(13-9-5-3-6-10-13)14-11-7-4-8-12-14/h13-15H,2-12,17H2,1H3. The van der Waals surface area contributed by atoms with Crippen LogP contribution in [0.3, 0.4) is 0 Å². The van der Waals surface area contributed by atoms with Crippen molar-refractivity contribution in [1.29, 1.82) is 0 Å². The van der Waals surface area contributed by atoms with Crippen molar-refractivity contribution in [2.45, 2.75) is 76.7 Å². The molecule has 0 saturated heterocycles. The van der Waals surface area contributed by atoms with Gasteiger partial charge in [-0.15, -0.1) is 0 Å². The van der Waals surface area contributed by atoms with Gasteiger partial charge in [0.2, 0.25) is 0 Å². The van der Waals surface area contributed by atoms with Gasteiger partial charge in [0.05, 0.1) is 0 Å². The van der Waals surface area contributed by atoms with Crippen molar-refractivity contribution in [3.8, 4) is 0 Å². The summed E-state index contributed by atoms with van der Waals surface area (Å²) in [6.45, 7) is 3.13. The molecule has 0 heterocycles. The Labute approximate surface area is 110 Å². The van der Waals surface area contributed by atoms with Crippen molar-refractivity contribution in [2.75, 3.05) is 6.61 Å². The maximum absolute atomic E-state index is 5.94. The minimum absolute atomic E-state index is 0.264. The van der Waals surface area contributed by atoms with Gasteiger partial charge >= 0.3 is 0 Å². The fraction of sp³-hybridized carbons (Fsp3) is 1.00. The molecule has 1 nitrogen and oxygen atoms in total. The van der Waals surface area contributed by atoms with Crippen LogP contribution in [0, 0.1) is 11.8 Å². The van der Waals surface area contributed by atoms with Crippen molar-refractivity contribution in [3.05, 3.63) is 0 Å². The second-order valence-electron chi connectivity index (χ2n) is 6.12. The molecule has 2 saturated carbocycles. The Bertz CT molecular complexity index is 177. The fourth-order valence-electron chi connectivity index (χ4n) is 4.04. The van der Waals surface area contributed by atoms with Crippen LogP contribution >= 0.6 is 0 Å². The van der Waals surface area contributed by atoms with E-state index in [9.17, 15) is 0 Å². The van der Waals surface area contributed by atoms with Gasteiger partial charge < -0.3 is 4.43 Å². The third-order valence-electron chi connectivity index (χ3n) is 5.03. The Morgan fingerprint density at radius 1 is 0.882 bits per heavy atom. The summed E-state index contributed by atoms with van der Waals surface area (Å²) in [5.41, 5.74) is 1.02. The van der Waals surface area contributed by atoms with Crippen LogP contribution < -0.4 is 0 Å². The highest BCUT2D eigenvalue weighted by atomic mass is 28.2. The first-order chi connectivity index (χ1) is 8.42. The topological polar surface area (TPSA) is 9.23 Å². The first-order valence-corrected chi connectivity index (χ1v) is 9.39. The molecule has 0 N–H and O–H groups in total. The summed E-state index contributed by atoms with van der Waals surface area (Å²) in [6, 6.07) is 0. The van der Waals surface area contributed by atoms with E-state index in [-0.39, 0.29) is 9.76 Å². The summed E-state index contributed by atoms with van der Waals surface area (Å²) < 4.78 is 5.94. The zero-order chi connectivity index (χ0) is 11.9. The molecule has 0 aromatic heterocycles. The molecule has 2 rings (SSSR count). The molecule has 0 bridgehead atoms. The third kappa shape index (κ3) is 4.10. The highest BCUT2D eigenvalue weighted by molar-refractivity contribution is 6.29. The molecule has 0 aromatic carbocycles.